The van der Waals surface area contributed by atoms with Crippen LogP contribution in [0.15, 0.2) is 0 Å². The maximum Gasteiger partial charge on any atom is 0.152 e. The summed E-state index contributed by atoms with van der Waals surface area (Å²) in [5.41, 5.74) is 1.75. The van der Waals surface area contributed by atoms with E-state index in [1.807, 2.05) is 0 Å². The molecule has 1 nitrogen and oxygen atoms in total. The molecule has 0 spiro atoms. The molecule has 0 aromatic carbocycles. The smallest absolute Gasteiger partial charge is 0.152 e. The molecular formula is C8H14N+. The number of hydrogen-bond acceptors (Lipinski definition) is 0. The lowest BCUT2D eigenvalue weighted by atomic mass is 10.1. The van der Waals surface area contributed by atoms with Gasteiger partial charge >= 0.3 is 0 Å². The van der Waals surface area contributed by atoms with Gasteiger partial charge in [0.1, 0.15) is 13.1 Å². The van der Waals surface area contributed by atoms with E-state index < -0.39 is 0 Å². The average molecular weight is 124 g/mol. The topological polar surface area (TPSA) is 3.01 Å². The highest BCUT2D eigenvalue weighted by Gasteiger charge is 2.24. The first-order valence-electron chi connectivity index (χ1n) is 4.06. The van der Waals surface area contributed by atoms with Crippen molar-refractivity contribution in [2.75, 3.05) is 13.1 Å². The Morgan fingerprint density at radius 2 is 1.67 bits per heavy atom. The molecule has 2 aliphatic rings. The van der Waals surface area contributed by atoms with Gasteiger partial charge in [-0.15, -0.1) is 0 Å². The Balaban J connectivity index is 2.17. The van der Waals surface area contributed by atoms with Crippen LogP contribution in [-0.2, 0) is 0 Å². The van der Waals surface area contributed by atoms with Crippen molar-refractivity contribution in [1.82, 2.24) is 0 Å². The first kappa shape index (κ1) is 5.45. The Morgan fingerprint density at radius 3 is 2.56 bits per heavy atom. The molecule has 0 bridgehead atoms. The fraction of sp³-hybridized carbons (Fsp3) is 0.875. The third-order valence-corrected chi connectivity index (χ3v) is 2.48. The number of nitrogens with zero attached hydrogens (tertiary/aromatic N) is 1. The molecule has 0 atom stereocenters. The van der Waals surface area contributed by atoms with E-state index in [2.05, 4.69) is 4.58 Å². The minimum absolute atomic E-state index is 1.36. The average Bonchev–Trinajstić information content (AvgIpc) is 2.33. The molecule has 0 saturated heterocycles. The lowest BCUT2D eigenvalue weighted by Gasteiger charge is -2.06. The van der Waals surface area contributed by atoms with Gasteiger partial charge in [-0.1, -0.05) is 0 Å². The molecule has 1 heteroatoms. The first-order valence-corrected chi connectivity index (χ1v) is 4.06. The highest BCUT2D eigenvalue weighted by atomic mass is 15.0. The zero-order valence-corrected chi connectivity index (χ0v) is 5.90. The molecule has 50 valence electrons. The van der Waals surface area contributed by atoms with Crippen molar-refractivity contribution in [1.29, 1.82) is 0 Å². The molecular weight excluding hydrogens is 110 g/mol. The van der Waals surface area contributed by atoms with E-state index in [9.17, 15) is 0 Å². The van der Waals surface area contributed by atoms with Crippen molar-refractivity contribution in [3.63, 3.8) is 0 Å². The molecule has 0 unspecified atom stereocenters. The van der Waals surface area contributed by atoms with Crippen molar-refractivity contribution in [2.24, 2.45) is 0 Å². The zero-order valence-electron chi connectivity index (χ0n) is 5.90. The van der Waals surface area contributed by atoms with Crippen LogP contribution in [0, 0.1) is 0 Å². The van der Waals surface area contributed by atoms with Crippen LogP contribution in [0.2, 0.25) is 0 Å². The maximum absolute atomic E-state index is 2.59. The molecule has 0 aromatic heterocycles. The van der Waals surface area contributed by atoms with Crippen LogP contribution in [0.5, 0.6) is 0 Å². The van der Waals surface area contributed by atoms with E-state index in [0.717, 1.165) is 0 Å². The van der Waals surface area contributed by atoms with Crippen molar-refractivity contribution in [3.05, 3.63) is 0 Å². The summed E-state index contributed by atoms with van der Waals surface area (Å²) in [5, 5.41) is 0. The van der Waals surface area contributed by atoms with Crippen LogP contribution in [0.1, 0.15) is 32.1 Å². The minimum Gasteiger partial charge on any atom is -0.237 e. The molecule has 2 rings (SSSR count). The molecule has 0 aromatic rings. The van der Waals surface area contributed by atoms with E-state index in [1.54, 1.807) is 5.71 Å². The molecule has 0 saturated carbocycles. The summed E-state index contributed by atoms with van der Waals surface area (Å²) in [6.07, 6.45) is 7.12. The molecule has 9 heavy (non-hydrogen) atoms. The second-order valence-corrected chi connectivity index (χ2v) is 3.11. The lowest BCUT2D eigenvalue weighted by Crippen LogP contribution is -2.20. The van der Waals surface area contributed by atoms with Crippen LogP contribution < -0.4 is 0 Å². The predicted octanol–water partition coefficient (Wildman–Crippen LogP) is 1.42. The van der Waals surface area contributed by atoms with Crippen molar-refractivity contribution >= 4 is 5.71 Å². The lowest BCUT2D eigenvalue weighted by molar-refractivity contribution is -0.525. The van der Waals surface area contributed by atoms with Gasteiger partial charge in [0.05, 0.1) is 0 Å². The van der Waals surface area contributed by atoms with Crippen LogP contribution in [0.4, 0.5) is 0 Å². The first-order chi connectivity index (χ1) is 4.47. The fourth-order valence-corrected chi connectivity index (χ4v) is 1.97. The molecule has 2 aliphatic heterocycles. The Hall–Kier alpha value is -0.330. The second kappa shape index (κ2) is 2.13. The van der Waals surface area contributed by atoms with Crippen LogP contribution in [0.25, 0.3) is 0 Å². The Bertz CT molecular complexity index is 131. The Morgan fingerprint density at radius 1 is 0.889 bits per heavy atom. The van der Waals surface area contributed by atoms with Gasteiger partial charge in [-0.2, -0.15) is 0 Å². The van der Waals surface area contributed by atoms with Crippen LogP contribution in [0.3, 0.4) is 0 Å². The highest BCUT2D eigenvalue weighted by molar-refractivity contribution is 5.80. The normalized spacial score (nSPS) is 26.7. The van der Waals surface area contributed by atoms with Crippen LogP contribution >= 0.6 is 0 Å². The summed E-state index contributed by atoms with van der Waals surface area (Å²) in [7, 11) is 0. The summed E-state index contributed by atoms with van der Waals surface area (Å²) in [6, 6.07) is 0. The summed E-state index contributed by atoms with van der Waals surface area (Å²) in [5.74, 6) is 0. The predicted molar refractivity (Wildman–Crippen MR) is 38.1 cm³/mol. The minimum atomic E-state index is 1.36. The summed E-state index contributed by atoms with van der Waals surface area (Å²) >= 11 is 0. The molecule has 0 N–H and O–H groups in total. The van der Waals surface area contributed by atoms with E-state index in [4.69, 9.17) is 0 Å². The summed E-state index contributed by atoms with van der Waals surface area (Å²) in [4.78, 5) is 0. The quantitative estimate of drug-likeness (QED) is 0.430. The third-order valence-electron chi connectivity index (χ3n) is 2.48. The SMILES string of the molecule is C1CC[N+]2=C(C1)CCC2. The van der Waals surface area contributed by atoms with E-state index in [1.165, 1.54) is 45.2 Å². The van der Waals surface area contributed by atoms with Gasteiger partial charge in [0.2, 0.25) is 0 Å². The van der Waals surface area contributed by atoms with E-state index in [-0.39, 0.29) is 0 Å². The molecule has 0 aliphatic carbocycles. The fourth-order valence-electron chi connectivity index (χ4n) is 1.97. The van der Waals surface area contributed by atoms with Crippen molar-refractivity contribution in [3.8, 4) is 0 Å². The Kier molecular flexibility index (Phi) is 1.29. The van der Waals surface area contributed by atoms with Crippen molar-refractivity contribution < 1.29 is 4.58 Å². The Labute approximate surface area is 56.4 Å². The summed E-state index contributed by atoms with van der Waals surface area (Å²) < 4.78 is 2.59. The van der Waals surface area contributed by atoms with Gasteiger partial charge < -0.3 is 0 Å². The van der Waals surface area contributed by atoms with E-state index in [0.29, 0.717) is 0 Å². The maximum atomic E-state index is 2.59. The summed E-state index contributed by atoms with van der Waals surface area (Å²) in [6.45, 7) is 2.71. The number of hydrogen-bond donors (Lipinski definition) is 0. The molecule has 0 amide bonds. The second-order valence-electron chi connectivity index (χ2n) is 3.11. The van der Waals surface area contributed by atoms with Gasteiger partial charge in [-0.3, -0.25) is 0 Å². The highest BCUT2D eigenvalue weighted by Crippen LogP contribution is 2.15. The van der Waals surface area contributed by atoms with E-state index >= 15 is 0 Å². The zero-order chi connectivity index (χ0) is 6.10. The molecule has 0 fully saturated rings. The van der Waals surface area contributed by atoms with Crippen molar-refractivity contribution in [2.45, 2.75) is 32.1 Å². The number of rotatable bonds is 0. The molecule has 2 heterocycles. The van der Waals surface area contributed by atoms with Gasteiger partial charge in [-0.05, 0) is 6.42 Å². The third kappa shape index (κ3) is 0.887. The largest absolute Gasteiger partial charge is 0.237 e. The molecule has 0 radical (unpaired) electrons. The standard InChI is InChI=1S/C8H14N/c1-2-6-9-7-3-5-8(9)4-1/h1-7H2/q+1. The van der Waals surface area contributed by atoms with Gasteiger partial charge in [0.15, 0.2) is 5.71 Å². The van der Waals surface area contributed by atoms with Gasteiger partial charge in [0, 0.05) is 25.7 Å². The van der Waals surface area contributed by atoms with Gasteiger partial charge in [-0.25, -0.2) is 4.58 Å². The monoisotopic (exact) mass is 124 g/mol. The van der Waals surface area contributed by atoms with Gasteiger partial charge in [0.25, 0.3) is 0 Å². The van der Waals surface area contributed by atoms with Crippen LogP contribution in [-0.4, -0.2) is 23.4 Å².